The van der Waals surface area contributed by atoms with Gasteiger partial charge in [0.25, 0.3) is 0 Å². The first-order chi connectivity index (χ1) is 7.33. The lowest BCUT2D eigenvalue weighted by Gasteiger charge is -2.27. The first kappa shape index (κ1) is 10.3. The number of rotatable bonds is 3. The summed E-state index contributed by atoms with van der Waals surface area (Å²) in [7, 11) is 0. The third-order valence-electron chi connectivity index (χ3n) is 2.75. The van der Waals surface area contributed by atoms with Gasteiger partial charge in [-0.05, 0) is 37.1 Å². The maximum absolute atomic E-state index is 5.82. The lowest BCUT2D eigenvalue weighted by atomic mass is 10.1. The Bertz CT molecular complexity index is 338. The average Bonchev–Trinajstić information content (AvgIpc) is 2.29. The van der Waals surface area contributed by atoms with Crippen LogP contribution in [0.3, 0.4) is 0 Å². The monoisotopic (exact) mass is 206 g/mol. The van der Waals surface area contributed by atoms with E-state index in [-0.39, 0.29) is 0 Å². The van der Waals surface area contributed by atoms with Crippen LogP contribution in [0.25, 0.3) is 0 Å². The van der Waals surface area contributed by atoms with Gasteiger partial charge in [0, 0.05) is 0 Å². The number of nitrogens with one attached hydrogen (secondary N) is 1. The molecule has 0 spiro atoms. The third-order valence-corrected chi connectivity index (χ3v) is 2.75. The van der Waals surface area contributed by atoms with Gasteiger partial charge < -0.3 is 15.8 Å². The lowest BCUT2D eigenvalue weighted by molar-refractivity contribution is 0.202. The number of ether oxygens (including phenoxy) is 1. The van der Waals surface area contributed by atoms with Crippen molar-refractivity contribution >= 4 is 5.69 Å². The van der Waals surface area contributed by atoms with Crippen LogP contribution in [-0.4, -0.2) is 19.2 Å². The minimum atomic E-state index is 0.304. The topological polar surface area (TPSA) is 47.3 Å². The van der Waals surface area contributed by atoms with E-state index in [2.05, 4.69) is 24.4 Å². The predicted molar refractivity (Wildman–Crippen MR) is 62.4 cm³/mol. The molecule has 0 saturated heterocycles. The molecule has 0 radical (unpaired) electrons. The Balaban J connectivity index is 2.17. The van der Waals surface area contributed by atoms with Crippen molar-refractivity contribution < 1.29 is 4.74 Å². The van der Waals surface area contributed by atoms with E-state index in [9.17, 15) is 0 Å². The SMILES string of the molecule is CCC1CNc2cc(CCN)ccc2O1. The molecule has 0 saturated carbocycles. The minimum absolute atomic E-state index is 0.304. The summed E-state index contributed by atoms with van der Waals surface area (Å²) in [5.41, 5.74) is 7.90. The van der Waals surface area contributed by atoms with Crippen LogP contribution >= 0.6 is 0 Å². The second-order valence-corrected chi connectivity index (χ2v) is 3.90. The molecular formula is C12H18N2O. The Morgan fingerprint density at radius 2 is 2.40 bits per heavy atom. The first-order valence-electron chi connectivity index (χ1n) is 5.57. The summed E-state index contributed by atoms with van der Waals surface area (Å²) in [4.78, 5) is 0. The van der Waals surface area contributed by atoms with Crippen LogP contribution in [0.1, 0.15) is 18.9 Å². The summed E-state index contributed by atoms with van der Waals surface area (Å²) in [5, 5.41) is 3.40. The number of fused-ring (bicyclic) bond motifs is 1. The largest absolute Gasteiger partial charge is 0.486 e. The summed E-state index contributed by atoms with van der Waals surface area (Å²) in [6.07, 6.45) is 2.27. The van der Waals surface area contributed by atoms with Crippen LogP contribution in [0, 0.1) is 0 Å². The van der Waals surface area contributed by atoms with Crippen LogP contribution < -0.4 is 15.8 Å². The zero-order chi connectivity index (χ0) is 10.7. The van der Waals surface area contributed by atoms with Gasteiger partial charge in [0.05, 0.1) is 12.2 Å². The Hall–Kier alpha value is -1.22. The van der Waals surface area contributed by atoms with E-state index in [0.29, 0.717) is 12.6 Å². The van der Waals surface area contributed by atoms with E-state index in [1.54, 1.807) is 0 Å². The van der Waals surface area contributed by atoms with Gasteiger partial charge >= 0.3 is 0 Å². The molecular weight excluding hydrogens is 188 g/mol. The molecule has 0 bridgehead atoms. The maximum atomic E-state index is 5.82. The van der Waals surface area contributed by atoms with E-state index in [0.717, 1.165) is 30.8 Å². The van der Waals surface area contributed by atoms with Crippen molar-refractivity contribution in [3.8, 4) is 5.75 Å². The molecule has 1 atom stereocenters. The number of hydrogen-bond acceptors (Lipinski definition) is 3. The van der Waals surface area contributed by atoms with Gasteiger partial charge in [-0.3, -0.25) is 0 Å². The smallest absolute Gasteiger partial charge is 0.142 e. The normalized spacial score (nSPS) is 18.9. The van der Waals surface area contributed by atoms with E-state index in [4.69, 9.17) is 10.5 Å². The van der Waals surface area contributed by atoms with E-state index in [1.165, 1.54) is 5.56 Å². The highest BCUT2D eigenvalue weighted by Gasteiger charge is 2.17. The van der Waals surface area contributed by atoms with Crippen molar-refractivity contribution in [2.45, 2.75) is 25.9 Å². The first-order valence-corrected chi connectivity index (χ1v) is 5.57. The second-order valence-electron chi connectivity index (χ2n) is 3.90. The summed E-state index contributed by atoms with van der Waals surface area (Å²) < 4.78 is 5.82. The van der Waals surface area contributed by atoms with Crippen molar-refractivity contribution in [1.29, 1.82) is 0 Å². The fourth-order valence-corrected chi connectivity index (χ4v) is 1.81. The van der Waals surface area contributed by atoms with Crippen LogP contribution in [0.2, 0.25) is 0 Å². The van der Waals surface area contributed by atoms with Crippen LogP contribution in [0.5, 0.6) is 5.75 Å². The molecule has 0 amide bonds. The average molecular weight is 206 g/mol. The molecule has 2 rings (SSSR count). The van der Waals surface area contributed by atoms with E-state index in [1.807, 2.05) is 6.07 Å². The zero-order valence-electron chi connectivity index (χ0n) is 9.12. The van der Waals surface area contributed by atoms with Crippen molar-refractivity contribution in [3.05, 3.63) is 23.8 Å². The van der Waals surface area contributed by atoms with Crippen molar-refractivity contribution in [1.82, 2.24) is 0 Å². The summed E-state index contributed by atoms with van der Waals surface area (Å²) in [6.45, 7) is 3.73. The molecule has 0 aliphatic carbocycles. The summed E-state index contributed by atoms with van der Waals surface area (Å²) in [6, 6.07) is 6.26. The zero-order valence-corrected chi connectivity index (χ0v) is 9.12. The molecule has 0 aromatic heterocycles. The molecule has 3 N–H and O–H groups in total. The van der Waals surface area contributed by atoms with Gasteiger partial charge in [0.2, 0.25) is 0 Å². The highest BCUT2D eigenvalue weighted by Crippen LogP contribution is 2.30. The molecule has 1 aromatic carbocycles. The number of hydrogen-bond donors (Lipinski definition) is 2. The lowest BCUT2D eigenvalue weighted by Crippen LogP contribution is -2.30. The third kappa shape index (κ3) is 2.23. The molecule has 1 aliphatic rings. The van der Waals surface area contributed by atoms with Gasteiger partial charge in [0.1, 0.15) is 11.9 Å². The number of benzene rings is 1. The number of nitrogens with two attached hydrogens (primary N) is 1. The standard InChI is InChI=1S/C12H18N2O/c1-2-10-8-14-11-7-9(5-6-13)3-4-12(11)15-10/h3-4,7,10,14H,2,5-6,8,13H2,1H3. The van der Waals surface area contributed by atoms with Gasteiger partial charge in [-0.15, -0.1) is 0 Å². The van der Waals surface area contributed by atoms with Crippen molar-refractivity contribution in [3.63, 3.8) is 0 Å². The molecule has 3 heteroatoms. The quantitative estimate of drug-likeness (QED) is 0.792. The van der Waals surface area contributed by atoms with Crippen LogP contribution in [-0.2, 0) is 6.42 Å². The summed E-state index contributed by atoms with van der Waals surface area (Å²) >= 11 is 0. The predicted octanol–water partition coefficient (Wildman–Crippen LogP) is 1.77. The van der Waals surface area contributed by atoms with E-state index < -0.39 is 0 Å². The van der Waals surface area contributed by atoms with Crippen molar-refractivity contribution in [2.24, 2.45) is 5.73 Å². The molecule has 1 aliphatic heterocycles. The van der Waals surface area contributed by atoms with Gasteiger partial charge in [-0.1, -0.05) is 13.0 Å². The Kier molecular flexibility index (Phi) is 3.11. The molecule has 15 heavy (non-hydrogen) atoms. The fourth-order valence-electron chi connectivity index (χ4n) is 1.81. The van der Waals surface area contributed by atoms with Gasteiger partial charge in [-0.25, -0.2) is 0 Å². The Morgan fingerprint density at radius 1 is 1.53 bits per heavy atom. The Labute approximate surface area is 90.6 Å². The fraction of sp³-hybridized carbons (Fsp3) is 0.500. The van der Waals surface area contributed by atoms with Gasteiger partial charge in [0.15, 0.2) is 0 Å². The summed E-state index contributed by atoms with van der Waals surface area (Å²) in [5.74, 6) is 0.967. The van der Waals surface area contributed by atoms with Crippen LogP contribution in [0.15, 0.2) is 18.2 Å². The second kappa shape index (κ2) is 4.53. The maximum Gasteiger partial charge on any atom is 0.142 e. The molecule has 1 unspecified atom stereocenters. The minimum Gasteiger partial charge on any atom is -0.486 e. The van der Waals surface area contributed by atoms with E-state index >= 15 is 0 Å². The Morgan fingerprint density at radius 3 is 3.13 bits per heavy atom. The molecule has 1 aromatic rings. The van der Waals surface area contributed by atoms with Crippen molar-refractivity contribution in [2.75, 3.05) is 18.4 Å². The molecule has 3 nitrogen and oxygen atoms in total. The molecule has 1 heterocycles. The molecule has 82 valence electrons. The highest BCUT2D eigenvalue weighted by molar-refractivity contribution is 5.59. The van der Waals surface area contributed by atoms with Gasteiger partial charge in [-0.2, -0.15) is 0 Å². The molecule has 0 fully saturated rings. The number of anilines is 1. The van der Waals surface area contributed by atoms with Crippen LogP contribution in [0.4, 0.5) is 5.69 Å². The highest BCUT2D eigenvalue weighted by atomic mass is 16.5.